The number of rotatable bonds is 5. The zero-order valence-corrected chi connectivity index (χ0v) is 18.9. The van der Waals surface area contributed by atoms with Gasteiger partial charge in [-0.3, -0.25) is 9.59 Å². The quantitative estimate of drug-likeness (QED) is 0.202. The molecular formula is C26H25N3O4. The summed E-state index contributed by atoms with van der Waals surface area (Å²) in [6, 6.07) is 19.4. The molecule has 0 bridgehead atoms. The summed E-state index contributed by atoms with van der Waals surface area (Å²) < 4.78 is 5.39. The van der Waals surface area contributed by atoms with Crippen LogP contribution >= 0.6 is 0 Å². The van der Waals surface area contributed by atoms with E-state index in [0.717, 1.165) is 16.7 Å². The van der Waals surface area contributed by atoms with Crippen molar-refractivity contribution >= 4 is 29.2 Å². The van der Waals surface area contributed by atoms with Crippen LogP contribution in [0.4, 0.5) is 5.69 Å². The topological polar surface area (TPSA) is 96.9 Å². The van der Waals surface area contributed by atoms with Gasteiger partial charge in [0.15, 0.2) is 0 Å². The van der Waals surface area contributed by atoms with Crippen LogP contribution in [-0.4, -0.2) is 23.5 Å². The molecule has 168 valence electrons. The summed E-state index contributed by atoms with van der Waals surface area (Å²) in [6.45, 7) is 7.34. The van der Waals surface area contributed by atoms with Crippen LogP contribution in [0.15, 0.2) is 71.8 Å². The zero-order valence-electron chi connectivity index (χ0n) is 18.9. The van der Waals surface area contributed by atoms with Gasteiger partial charge in [-0.1, -0.05) is 29.8 Å². The Balaban J connectivity index is 1.58. The molecule has 0 aromatic heterocycles. The maximum atomic E-state index is 12.3. The van der Waals surface area contributed by atoms with E-state index in [9.17, 15) is 14.4 Å². The van der Waals surface area contributed by atoms with E-state index in [1.165, 1.54) is 0 Å². The van der Waals surface area contributed by atoms with Crippen molar-refractivity contribution in [1.29, 1.82) is 0 Å². The van der Waals surface area contributed by atoms with E-state index in [1.807, 2.05) is 39.0 Å². The molecule has 3 aromatic rings. The number of ether oxygens (including phenoxy) is 1. The van der Waals surface area contributed by atoms with Gasteiger partial charge in [-0.05, 0) is 86.8 Å². The van der Waals surface area contributed by atoms with Gasteiger partial charge in [-0.25, -0.2) is 10.2 Å². The maximum Gasteiger partial charge on any atom is 0.343 e. The SMILES string of the molecule is C/C(=N\NC(=O)C(=O)Nc1cc(C)ccc1C)c1ccc(OC(=O)c2cccc(C)c2)cc1. The lowest BCUT2D eigenvalue weighted by Gasteiger charge is -2.09. The number of carbonyl (C=O) groups excluding carboxylic acids is 3. The summed E-state index contributed by atoms with van der Waals surface area (Å²) in [7, 11) is 0. The predicted octanol–water partition coefficient (Wildman–Crippen LogP) is 4.31. The lowest BCUT2D eigenvalue weighted by atomic mass is 10.1. The van der Waals surface area contributed by atoms with Gasteiger partial charge in [-0.15, -0.1) is 0 Å². The van der Waals surface area contributed by atoms with E-state index in [0.29, 0.717) is 28.3 Å². The van der Waals surface area contributed by atoms with Gasteiger partial charge in [0.25, 0.3) is 0 Å². The van der Waals surface area contributed by atoms with Crippen LogP contribution in [0.25, 0.3) is 0 Å². The monoisotopic (exact) mass is 443 g/mol. The number of nitrogens with zero attached hydrogens (tertiary/aromatic N) is 1. The minimum absolute atomic E-state index is 0.384. The van der Waals surface area contributed by atoms with Gasteiger partial charge in [0, 0.05) is 5.69 Å². The molecule has 0 aliphatic rings. The fourth-order valence-electron chi connectivity index (χ4n) is 3.00. The Hall–Kier alpha value is -4.26. The molecule has 2 amide bonds. The summed E-state index contributed by atoms with van der Waals surface area (Å²) in [5.41, 5.74) is 7.28. The Kier molecular flexibility index (Phi) is 7.35. The highest BCUT2D eigenvalue weighted by molar-refractivity contribution is 6.39. The first-order chi connectivity index (χ1) is 15.7. The van der Waals surface area contributed by atoms with E-state index < -0.39 is 17.8 Å². The number of hydrazone groups is 1. The third-order valence-corrected chi connectivity index (χ3v) is 4.91. The van der Waals surface area contributed by atoms with Gasteiger partial charge in [-0.2, -0.15) is 5.10 Å². The first-order valence-corrected chi connectivity index (χ1v) is 10.3. The zero-order chi connectivity index (χ0) is 24.0. The maximum absolute atomic E-state index is 12.3. The van der Waals surface area contributed by atoms with Gasteiger partial charge in [0.1, 0.15) is 5.75 Å². The number of carbonyl (C=O) groups is 3. The average Bonchev–Trinajstić information content (AvgIpc) is 2.80. The van der Waals surface area contributed by atoms with Crippen LogP contribution in [0, 0.1) is 20.8 Å². The molecule has 0 saturated heterocycles. The van der Waals surface area contributed by atoms with Gasteiger partial charge in [0.2, 0.25) is 0 Å². The van der Waals surface area contributed by atoms with Crippen LogP contribution in [0.1, 0.15) is 39.5 Å². The molecule has 0 unspecified atom stereocenters. The highest BCUT2D eigenvalue weighted by atomic mass is 16.5. The van der Waals surface area contributed by atoms with Crippen LogP contribution in [-0.2, 0) is 9.59 Å². The molecule has 0 radical (unpaired) electrons. The van der Waals surface area contributed by atoms with Crippen LogP contribution < -0.4 is 15.5 Å². The molecule has 3 aromatic carbocycles. The Labute approximate surface area is 192 Å². The number of amides is 2. The average molecular weight is 444 g/mol. The van der Waals surface area contributed by atoms with Crippen molar-refractivity contribution in [3.05, 3.63) is 94.5 Å². The van der Waals surface area contributed by atoms with E-state index in [-0.39, 0.29) is 0 Å². The normalized spacial score (nSPS) is 11.0. The Morgan fingerprint density at radius 1 is 0.788 bits per heavy atom. The number of hydrogen-bond acceptors (Lipinski definition) is 5. The molecule has 7 heteroatoms. The number of hydrogen-bond donors (Lipinski definition) is 2. The molecular weight excluding hydrogens is 418 g/mol. The molecule has 3 rings (SSSR count). The molecule has 0 heterocycles. The third kappa shape index (κ3) is 6.36. The van der Waals surface area contributed by atoms with Gasteiger partial charge < -0.3 is 10.1 Å². The first-order valence-electron chi connectivity index (χ1n) is 10.3. The number of nitrogens with one attached hydrogen (secondary N) is 2. The summed E-state index contributed by atoms with van der Waals surface area (Å²) >= 11 is 0. The lowest BCUT2D eigenvalue weighted by molar-refractivity contribution is -0.136. The molecule has 0 spiro atoms. The minimum Gasteiger partial charge on any atom is -0.423 e. The van der Waals surface area contributed by atoms with E-state index in [4.69, 9.17) is 4.74 Å². The van der Waals surface area contributed by atoms with E-state index in [2.05, 4.69) is 15.8 Å². The van der Waals surface area contributed by atoms with Crippen LogP contribution in [0.2, 0.25) is 0 Å². The van der Waals surface area contributed by atoms with Crippen LogP contribution in [0.5, 0.6) is 5.75 Å². The molecule has 7 nitrogen and oxygen atoms in total. The Morgan fingerprint density at radius 3 is 2.18 bits per heavy atom. The highest BCUT2D eigenvalue weighted by Crippen LogP contribution is 2.17. The smallest absolute Gasteiger partial charge is 0.343 e. The summed E-state index contributed by atoms with van der Waals surface area (Å²) in [6.07, 6.45) is 0. The Bertz CT molecular complexity index is 1230. The molecule has 0 saturated carbocycles. The van der Waals surface area contributed by atoms with Crippen molar-refractivity contribution in [3.63, 3.8) is 0 Å². The lowest BCUT2D eigenvalue weighted by Crippen LogP contribution is -2.33. The standard InChI is InChI=1S/C26H25N3O4/c1-16-6-5-7-21(14-16)26(32)33-22-12-10-20(11-13-22)19(4)28-29-25(31)24(30)27-23-15-17(2)8-9-18(23)3/h5-15H,1-4H3,(H,27,30)(H,29,31)/b28-19+. The van der Waals surface area contributed by atoms with E-state index >= 15 is 0 Å². The minimum atomic E-state index is -0.876. The molecule has 0 atom stereocenters. The van der Waals surface area contributed by atoms with Gasteiger partial charge >= 0.3 is 17.8 Å². The summed E-state index contributed by atoms with van der Waals surface area (Å²) in [5, 5.41) is 6.58. The fourth-order valence-corrected chi connectivity index (χ4v) is 3.00. The molecule has 0 fully saturated rings. The van der Waals surface area contributed by atoms with Crippen molar-refractivity contribution < 1.29 is 19.1 Å². The fraction of sp³-hybridized carbons (Fsp3) is 0.154. The molecule has 2 N–H and O–H groups in total. The van der Waals surface area contributed by atoms with Crippen molar-refractivity contribution in [2.45, 2.75) is 27.7 Å². The highest BCUT2D eigenvalue weighted by Gasteiger charge is 2.15. The second-order valence-corrected chi connectivity index (χ2v) is 7.69. The van der Waals surface area contributed by atoms with Crippen molar-refractivity contribution in [2.24, 2.45) is 5.10 Å². The number of esters is 1. The summed E-state index contributed by atoms with van der Waals surface area (Å²) in [4.78, 5) is 36.6. The second-order valence-electron chi connectivity index (χ2n) is 7.69. The molecule has 33 heavy (non-hydrogen) atoms. The first kappa shape index (κ1) is 23.4. The number of benzene rings is 3. The van der Waals surface area contributed by atoms with Crippen molar-refractivity contribution in [2.75, 3.05) is 5.32 Å². The van der Waals surface area contributed by atoms with E-state index in [1.54, 1.807) is 55.5 Å². The summed E-state index contributed by atoms with van der Waals surface area (Å²) in [5.74, 6) is -1.74. The van der Waals surface area contributed by atoms with Gasteiger partial charge in [0.05, 0.1) is 11.3 Å². The van der Waals surface area contributed by atoms with Crippen LogP contribution in [0.3, 0.4) is 0 Å². The second kappa shape index (κ2) is 10.4. The Morgan fingerprint density at radius 2 is 1.48 bits per heavy atom. The number of aryl methyl sites for hydroxylation is 3. The third-order valence-electron chi connectivity index (χ3n) is 4.91. The van der Waals surface area contributed by atoms with Crippen molar-refractivity contribution in [1.82, 2.24) is 5.43 Å². The van der Waals surface area contributed by atoms with Crippen molar-refractivity contribution in [3.8, 4) is 5.75 Å². The largest absolute Gasteiger partial charge is 0.423 e. The number of anilines is 1. The molecule has 0 aliphatic carbocycles. The molecule has 0 aliphatic heterocycles. The predicted molar refractivity (Wildman–Crippen MR) is 127 cm³/mol.